The second-order valence-electron chi connectivity index (χ2n) is 5.61. The highest BCUT2D eigenvalue weighted by molar-refractivity contribution is 5.87. The third kappa shape index (κ3) is 4.71. The van der Waals surface area contributed by atoms with Crippen molar-refractivity contribution in [3.05, 3.63) is 57.6 Å². The number of benzene rings is 2. The molecule has 26 heavy (non-hydrogen) atoms. The summed E-state index contributed by atoms with van der Waals surface area (Å²) in [4.78, 5) is 14.1. The summed E-state index contributed by atoms with van der Waals surface area (Å²) in [6.07, 6.45) is -3.81. The number of aliphatic imine (C=N–C) groups is 1. The SMILES string of the molecule is CC(C)Oc1ccc(C(F)(F)F)cc1N=Cc1cc([N+](=O)[O-])ccc1O. The highest BCUT2D eigenvalue weighted by Gasteiger charge is 2.31. The lowest BCUT2D eigenvalue weighted by molar-refractivity contribution is -0.384. The average molecular weight is 368 g/mol. The Morgan fingerprint density at radius 2 is 1.92 bits per heavy atom. The number of phenolic OH excluding ortho intramolecular Hbond substituents is 1. The molecule has 0 atom stereocenters. The molecule has 0 bridgehead atoms. The number of ether oxygens (including phenoxy) is 1. The van der Waals surface area contributed by atoms with Gasteiger partial charge in [-0.05, 0) is 38.1 Å². The quantitative estimate of drug-likeness (QED) is 0.464. The third-order valence-electron chi connectivity index (χ3n) is 3.21. The first-order chi connectivity index (χ1) is 12.1. The minimum atomic E-state index is -4.56. The lowest BCUT2D eigenvalue weighted by Gasteiger charge is -2.14. The summed E-state index contributed by atoms with van der Waals surface area (Å²) >= 11 is 0. The fourth-order valence-corrected chi connectivity index (χ4v) is 2.05. The highest BCUT2D eigenvalue weighted by Crippen LogP contribution is 2.37. The number of phenols is 1. The first-order valence-corrected chi connectivity index (χ1v) is 7.47. The maximum Gasteiger partial charge on any atom is 0.416 e. The van der Waals surface area contributed by atoms with E-state index >= 15 is 0 Å². The van der Waals surface area contributed by atoms with Gasteiger partial charge in [-0.2, -0.15) is 13.2 Å². The molecule has 2 rings (SSSR count). The van der Waals surface area contributed by atoms with Crippen LogP contribution in [-0.4, -0.2) is 22.3 Å². The van der Waals surface area contributed by atoms with Gasteiger partial charge in [0.15, 0.2) is 0 Å². The molecule has 1 N–H and O–H groups in total. The lowest BCUT2D eigenvalue weighted by atomic mass is 10.1. The van der Waals surface area contributed by atoms with E-state index in [-0.39, 0.29) is 34.5 Å². The van der Waals surface area contributed by atoms with Crippen molar-refractivity contribution >= 4 is 17.6 Å². The van der Waals surface area contributed by atoms with Crippen LogP contribution in [0.15, 0.2) is 41.4 Å². The number of nitro groups is 1. The van der Waals surface area contributed by atoms with Crippen molar-refractivity contribution in [2.75, 3.05) is 0 Å². The lowest BCUT2D eigenvalue weighted by Crippen LogP contribution is -2.08. The van der Waals surface area contributed by atoms with Crippen molar-refractivity contribution in [2.45, 2.75) is 26.1 Å². The number of hydrogen-bond donors (Lipinski definition) is 1. The fraction of sp³-hybridized carbons (Fsp3) is 0.235. The normalized spacial score (nSPS) is 11.9. The number of alkyl halides is 3. The van der Waals surface area contributed by atoms with E-state index in [1.54, 1.807) is 13.8 Å². The van der Waals surface area contributed by atoms with Gasteiger partial charge in [0.2, 0.25) is 0 Å². The molecule has 0 heterocycles. The summed E-state index contributed by atoms with van der Waals surface area (Å²) < 4.78 is 44.2. The van der Waals surface area contributed by atoms with Crippen molar-refractivity contribution in [2.24, 2.45) is 4.99 Å². The third-order valence-corrected chi connectivity index (χ3v) is 3.21. The van der Waals surface area contributed by atoms with Crippen LogP contribution in [0.25, 0.3) is 0 Å². The monoisotopic (exact) mass is 368 g/mol. The van der Waals surface area contributed by atoms with E-state index in [0.29, 0.717) is 0 Å². The molecule has 0 aliphatic rings. The van der Waals surface area contributed by atoms with Gasteiger partial charge in [0.25, 0.3) is 5.69 Å². The van der Waals surface area contributed by atoms with Crippen LogP contribution in [0, 0.1) is 10.1 Å². The van der Waals surface area contributed by atoms with Gasteiger partial charge in [-0.3, -0.25) is 15.1 Å². The van der Waals surface area contributed by atoms with Gasteiger partial charge in [-0.15, -0.1) is 0 Å². The van der Waals surface area contributed by atoms with Gasteiger partial charge in [0, 0.05) is 23.9 Å². The Morgan fingerprint density at radius 1 is 1.23 bits per heavy atom. The number of nitrogens with zero attached hydrogens (tertiary/aromatic N) is 2. The number of nitro benzene ring substituents is 1. The number of rotatable bonds is 5. The number of hydrogen-bond acceptors (Lipinski definition) is 5. The van der Waals surface area contributed by atoms with Gasteiger partial charge >= 0.3 is 6.18 Å². The molecule has 0 aliphatic carbocycles. The Kier molecular flexibility index (Phi) is 5.49. The van der Waals surface area contributed by atoms with Gasteiger partial charge < -0.3 is 9.84 Å². The Balaban J connectivity index is 2.47. The second-order valence-corrected chi connectivity index (χ2v) is 5.61. The Labute approximate surface area is 146 Å². The first kappa shape index (κ1) is 19.2. The van der Waals surface area contributed by atoms with E-state index in [2.05, 4.69) is 4.99 Å². The predicted octanol–water partition coefficient (Wildman–Crippen LogP) is 4.86. The van der Waals surface area contributed by atoms with E-state index in [9.17, 15) is 28.4 Å². The van der Waals surface area contributed by atoms with Crippen LogP contribution in [0.3, 0.4) is 0 Å². The molecular weight excluding hydrogens is 353 g/mol. The second kappa shape index (κ2) is 7.42. The van der Waals surface area contributed by atoms with Gasteiger partial charge in [0.05, 0.1) is 16.6 Å². The van der Waals surface area contributed by atoms with E-state index in [1.165, 1.54) is 0 Å². The van der Waals surface area contributed by atoms with Crippen LogP contribution in [0.5, 0.6) is 11.5 Å². The summed E-state index contributed by atoms with van der Waals surface area (Å²) in [5, 5.41) is 20.6. The summed E-state index contributed by atoms with van der Waals surface area (Å²) in [6, 6.07) is 6.11. The summed E-state index contributed by atoms with van der Waals surface area (Å²) in [5.74, 6) is -0.174. The zero-order chi connectivity index (χ0) is 19.5. The fourth-order valence-electron chi connectivity index (χ4n) is 2.05. The maximum atomic E-state index is 12.9. The van der Waals surface area contributed by atoms with E-state index in [1.807, 2.05) is 0 Å². The van der Waals surface area contributed by atoms with Crippen LogP contribution in [0.2, 0.25) is 0 Å². The first-order valence-electron chi connectivity index (χ1n) is 7.47. The molecule has 0 saturated carbocycles. The van der Waals surface area contributed by atoms with Crippen LogP contribution < -0.4 is 4.74 Å². The number of halogens is 3. The molecule has 0 aromatic heterocycles. The molecule has 0 aliphatic heterocycles. The van der Waals surface area contributed by atoms with Crippen molar-refractivity contribution in [1.82, 2.24) is 0 Å². The van der Waals surface area contributed by atoms with E-state index in [4.69, 9.17) is 4.74 Å². The number of aromatic hydroxyl groups is 1. The number of non-ortho nitro benzene ring substituents is 1. The van der Waals surface area contributed by atoms with E-state index in [0.717, 1.165) is 42.6 Å². The molecule has 2 aromatic rings. The summed E-state index contributed by atoms with van der Waals surface area (Å²) in [7, 11) is 0. The van der Waals surface area contributed by atoms with Crippen molar-refractivity contribution in [3.63, 3.8) is 0 Å². The highest BCUT2D eigenvalue weighted by atomic mass is 19.4. The van der Waals surface area contributed by atoms with Crippen molar-refractivity contribution in [1.29, 1.82) is 0 Å². The molecule has 2 aromatic carbocycles. The van der Waals surface area contributed by atoms with Crippen molar-refractivity contribution < 1.29 is 27.9 Å². The van der Waals surface area contributed by atoms with Crippen molar-refractivity contribution in [3.8, 4) is 11.5 Å². The molecule has 138 valence electrons. The zero-order valence-electron chi connectivity index (χ0n) is 13.8. The topological polar surface area (TPSA) is 85.0 Å². The van der Waals surface area contributed by atoms with Gasteiger partial charge in [0.1, 0.15) is 17.2 Å². The maximum absolute atomic E-state index is 12.9. The van der Waals surface area contributed by atoms with Crippen LogP contribution in [-0.2, 0) is 6.18 Å². The van der Waals surface area contributed by atoms with Crippen LogP contribution in [0.1, 0.15) is 25.0 Å². The Morgan fingerprint density at radius 3 is 2.50 bits per heavy atom. The molecule has 6 nitrogen and oxygen atoms in total. The smallest absolute Gasteiger partial charge is 0.416 e. The standard InChI is InChI=1S/C17H15F3N2O4/c1-10(2)26-16-6-3-12(17(18,19)20)8-14(16)21-9-11-7-13(22(24)25)4-5-15(11)23/h3-10,23H,1-2H3. The average Bonchev–Trinajstić information content (AvgIpc) is 2.53. The largest absolute Gasteiger partial charge is 0.507 e. The summed E-state index contributed by atoms with van der Waals surface area (Å²) in [5.41, 5.74) is -1.32. The molecule has 0 spiro atoms. The van der Waals surface area contributed by atoms with Crippen LogP contribution >= 0.6 is 0 Å². The minimum Gasteiger partial charge on any atom is -0.507 e. The molecule has 0 fully saturated rings. The summed E-state index contributed by atoms with van der Waals surface area (Å²) in [6.45, 7) is 3.41. The van der Waals surface area contributed by atoms with Crippen LogP contribution in [0.4, 0.5) is 24.5 Å². The molecule has 0 radical (unpaired) electrons. The Bertz CT molecular complexity index is 848. The molecule has 0 saturated heterocycles. The molecule has 0 unspecified atom stereocenters. The molecule has 0 amide bonds. The molecule has 9 heteroatoms. The minimum absolute atomic E-state index is 0.00731. The van der Waals surface area contributed by atoms with Gasteiger partial charge in [-0.25, -0.2) is 0 Å². The Hall–Kier alpha value is -3.10. The molecular formula is C17H15F3N2O4. The predicted molar refractivity (Wildman–Crippen MR) is 89.2 cm³/mol. The zero-order valence-corrected chi connectivity index (χ0v) is 13.8. The van der Waals surface area contributed by atoms with Gasteiger partial charge in [-0.1, -0.05) is 0 Å². The van der Waals surface area contributed by atoms with E-state index < -0.39 is 16.7 Å².